The van der Waals surface area contributed by atoms with Crippen LogP contribution < -0.4 is 9.46 Å². The van der Waals surface area contributed by atoms with Crippen molar-refractivity contribution in [3.05, 3.63) is 36.0 Å². The Kier molecular flexibility index (Phi) is 6.17. The highest BCUT2D eigenvalue weighted by molar-refractivity contribution is 7.92. The van der Waals surface area contributed by atoms with Crippen molar-refractivity contribution in [1.82, 2.24) is 9.78 Å². The zero-order valence-electron chi connectivity index (χ0n) is 14.4. The van der Waals surface area contributed by atoms with Crippen molar-refractivity contribution in [3.63, 3.8) is 0 Å². The zero-order valence-corrected chi connectivity index (χ0v) is 15.2. The van der Waals surface area contributed by atoms with Crippen molar-refractivity contribution in [1.29, 1.82) is 0 Å². The fourth-order valence-electron chi connectivity index (χ4n) is 2.23. The Morgan fingerprint density at radius 3 is 2.50 bits per heavy atom. The van der Waals surface area contributed by atoms with Crippen LogP contribution in [0.15, 0.2) is 35.4 Å². The molecule has 0 aliphatic carbocycles. The summed E-state index contributed by atoms with van der Waals surface area (Å²) >= 11 is 0. The molecule has 2 aromatic rings. The number of alkyl halides is 3. The fourth-order valence-corrected chi connectivity index (χ4v) is 3.40. The molecule has 10 heteroatoms. The molecule has 0 amide bonds. The molecule has 0 saturated heterocycles. The molecule has 0 atom stereocenters. The Morgan fingerprint density at radius 1 is 1.19 bits per heavy atom. The Hall–Kier alpha value is -2.23. The van der Waals surface area contributed by atoms with Crippen molar-refractivity contribution >= 4 is 15.7 Å². The summed E-state index contributed by atoms with van der Waals surface area (Å²) in [5.74, 6) is -0.128. The Labute approximate surface area is 150 Å². The fraction of sp³-hybridized carbons (Fsp3) is 0.438. The Balaban J connectivity index is 2.42. The van der Waals surface area contributed by atoms with Crippen LogP contribution in [0.2, 0.25) is 0 Å². The van der Waals surface area contributed by atoms with Gasteiger partial charge >= 0.3 is 6.18 Å². The van der Waals surface area contributed by atoms with Crippen molar-refractivity contribution in [2.24, 2.45) is 0 Å². The molecule has 144 valence electrons. The Bertz CT molecular complexity index is 848. The van der Waals surface area contributed by atoms with Crippen molar-refractivity contribution in [3.8, 4) is 5.88 Å². The van der Waals surface area contributed by atoms with Gasteiger partial charge in [0.15, 0.2) is 4.90 Å². The maximum atomic E-state index is 13.1. The summed E-state index contributed by atoms with van der Waals surface area (Å²) < 4.78 is 73.4. The van der Waals surface area contributed by atoms with Gasteiger partial charge in [-0.25, -0.2) is 8.42 Å². The molecule has 0 unspecified atom stereocenters. The maximum Gasteiger partial charge on any atom is 0.418 e. The largest absolute Gasteiger partial charge is 0.476 e. The summed E-state index contributed by atoms with van der Waals surface area (Å²) in [5, 5.41) is 4.07. The van der Waals surface area contributed by atoms with Crippen LogP contribution >= 0.6 is 0 Å². The number of nitrogens with one attached hydrogen (secondary N) is 1. The number of rotatable bonds is 8. The lowest BCUT2D eigenvalue weighted by Crippen LogP contribution is -2.17. The van der Waals surface area contributed by atoms with Gasteiger partial charge in [0.2, 0.25) is 0 Å². The van der Waals surface area contributed by atoms with Crippen LogP contribution in [0.25, 0.3) is 0 Å². The highest BCUT2D eigenvalue weighted by Gasteiger charge is 2.35. The first kappa shape index (κ1) is 20.1. The van der Waals surface area contributed by atoms with E-state index in [1.807, 2.05) is 18.6 Å². The number of hydrogen-bond acceptors (Lipinski definition) is 4. The summed E-state index contributed by atoms with van der Waals surface area (Å²) in [6.07, 6.45) is -2.09. The lowest BCUT2D eigenvalue weighted by molar-refractivity contribution is -0.136. The van der Waals surface area contributed by atoms with Crippen LogP contribution in [-0.2, 0) is 22.7 Å². The monoisotopic (exact) mass is 391 g/mol. The topological polar surface area (TPSA) is 73.2 Å². The minimum Gasteiger partial charge on any atom is -0.476 e. The van der Waals surface area contributed by atoms with Gasteiger partial charge in [-0.2, -0.15) is 13.2 Å². The minimum atomic E-state index is -4.69. The molecule has 0 radical (unpaired) electrons. The molecule has 1 heterocycles. The van der Waals surface area contributed by atoms with Crippen LogP contribution in [0, 0.1) is 0 Å². The number of sulfonamides is 1. The number of ether oxygens (including phenoxy) is 1. The molecule has 1 aromatic heterocycles. The summed E-state index contributed by atoms with van der Waals surface area (Å²) in [6, 6.07) is 4.38. The highest BCUT2D eigenvalue weighted by Crippen LogP contribution is 2.36. The lowest BCUT2D eigenvalue weighted by atomic mass is 10.2. The highest BCUT2D eigenvalue weighted by atomic mass is 32.2. The SMILES string of the molecule is CCCOc1nn(CCC)cc1S(=O)(=O)Nc1ccccc1C(F)(F)F. The standard InChI is InChI=1S/C16H20F3N3O3S/c1-3-9-22-11-14(15(20-22)25-10-4-2)26(23,24)21-13-8-6-5-7-12(13)16(17,18)19/h5-8,11,21H,3-4,9-10H2,1-2H3. The van der Waals surface area contributed by atoms with Gasteiger partial charge in [0.25, 0.3) is 15.9 Å². The van der Waals surface area contributed by atoms with Crippen molar-refractivity contribution in [2.45, 2.75) is 44.3 Å². The van der Waals surface area contributed by atoms with Gasteiger partial charge in [0, 0.05) is 12.7 Å². The van der Waals surface area contributed by atoms with E-state index < -0.39 is 27.5 Å². The second-order valence-corrected chi connectivity index (χ2v) is 7.21. The third-order valence-electron chi connectivity index (χ3n) is 3.36. The lowest BCUT2D eigenvalue weighted by Gasteiger charge is -2.14. The average Bonchev–Trinajstić information content (AvgIpc) is 2.96. The maximum absolute atomic E-state index is 13.1. The average molecular weight is 391 g/mol. The number of benzene rings is 1. The third kappa shape index (κ3) is 4.69. The summed E-state index contributed by atoms with van der Waals surface area (Å²) in [4.78, 5) is -0.295. The first-order valence-corrected chi connectivity index (χ1v) is 9.56. The molecule has 2 rings (SSSR count). The molecular weight excluding hydrogens is 371 g/mol. The summed E-state index contributed by atoms with van der Waals surface area (Å²) in [7, 11) is -4.31. The molecular formula is C16H20F3N3O3S. The number of aromatic nitrogens is 2. The van der Waals surface area contributed by atoms with E-state index in [1.54, 1.807) is 0 Å². The zero-order chi connectivity index (χ0) is 19.4. The molecule has 0 aliphatic heterocycles. The molecule has 0 fully saturated rings. The van der Waals surface area contributed by atoms with Crippen LogP contribution in [-0.4, -0.2) is 24.8 Å². The van der Waals surface area contributed by atoms with Gasteiger partial charge in [-0.3, -0.25) is 9.40 Å². The van der Waals surface area contributed by atoms with Crippen LogP contribution in [0.5, 0.6) is 5.88 Å². The predicted molar refractivity (Wildman–Crippen MR) is 90.6 cm³/mol. The van der Waals surface area contributed by atoms with Crippen molar-refractivity contribution < 1.29 is 26.3 Å². The molecule has 1 aromatic carbocycles. The van der Waals surface area contributed by atoms with Crippen LogP contribution in [0.4, 0.5) is 18.9 Å². The van der Waals surface area contributed by atoms with Gasteiger partial charge < -0.3 is 4.74 Å². The van der Waals surface area contributed by atoms with Gasteiger partial charge in [0.05, 0.1) is 17.9 Å². The number of anilines is 1. The molecule has 26 heavy (non-hydrogen) atoms. The van der Waals surface area contributed by atoms with Crippen molar-refractivity contribution in [2.75, 3.05) is 11.3 Å². The smallest absolute Gasteiger partial charge is 0.418 e. The van der Waals surface area contributed by atoms with E-state index in [2.05, 4.69) is 5.10 Å². The number of halogens is 3. The van der Waals surface area contributed by atoms with E-state index in [1.165, 1.54) is 23.0 Å². The van der Waals surface area contributed by atoms with Gasteiger partial charge in [0.1, 0.15) is 0 Å². The second-order valence-electron chi connectivity index (χ2n) is 5.56. The van der Waals surface area contributed by atoms with Crippen LogP contribution in [0.1, 0.15) is 32.3 Å². The normalized spacial score (nSPS) is 12.2. The Morgan fingerprint density at radius 2 is 1.88 bits per heavy atom. The second kappa shape index (κ2) is 7.98. The third-order valence-corrected chi connectivity index (χ3v) is 4.71. The first-order valence-electron chi connectivity index (χ1n) is 8.08. The molecule has 0 aliphatic rings. The molecule has 1 N–H and O–H groups in total. The minimum absolute atomic E-state index is 0.128. The van der Waals surface area contributed by atoms with E-state index >= 15 is 0 Å². The van der Waals surface area contributed by atoms with Gasteiger partial charge in [-0.15, -0.1) is 5.10 Å². The van der Waals surface area contributed by atoms with E-state index in [0.29, 0.717) is 19.4 Å². The number of para-hydroxylation sites is 1. The van der Waals surface area contributed by atoms with Gasteiger partial charge in [-0.1, -0.05) is 26.0 Å². The van der Waals surface area contributed by atoms with Crippen LogP contribution in [0.3, 0.4) is 0 Å². The number of hydrogen-bond donors (Lipinski definition) is 1. The molecule has 6 nitrogen and oxygen atoms in total. The predicted octanol–water partition coefficient (Wildman–Crippen LogP) is 3.90. The first-order chi connectivity index (χ1) is 12.2. The quantitative estimate of drug-likeness (QED) is 0.741. The molecule has 0 saturated carbocycles. The van der Waals surface area contributed by atoms with E-state index in [4.69, 9.17) is 4.74 Å². The van der Waals surface area contributed by atoms with E-state index in [0.717, 1.165) is 12.1 Å². The van der Waals surface area contributed by atoms with Gasteiger partial charge in [-0.05, 0) is 25.0 Å². The molecule has 0 bridgehead atoms. The summed E-state index contributed by atoms with van der Waals surface area (Å²) in [6.45, 7) is 4.43. The number of nitrogens with zero attached hydrogens (tertiary/aromatic N) is 2. The van der Waals surface area contributed by atoms with E-state index in [-0.39, 0.29) is 17.4 Å². The number of aryl methyl sites for hydroxylation is 1. The summed E-state index contributed by atoms with van der Waals surface area (Å²) in [5.41, 5.74) is -1.62. The van der Waals surface area contributed by atoms with E-state index in [9.17, 15) is 21.6 Å². The molecule has 0 spiro atoms.